The first-order chi connectivity index (χ1) is 22.3. The Balaban J connectivity index is 1.37. The molecule has 4 N–H and O–H groups in total. The Morgan fingerprint density at radius 3 is 2.43 bits per heavy atom. The number of aliphatic hydroxyl groups excluding tert-OH is 1. The van der Waals surface area contributed by atoms with Crippen LogP contribution in [0.1, 0.15) is 29.8 Å². The van der Waals surface area contributed by atoms with Gasteiger partial charge in [0.05, 0.1) is 36.0 Å². The van der Waals surface area contributed by atoms with Crippen molar-refractivity contribution in [1.82, 2.24) is 9.80 Å². The Morgan fingerprint density at radius 2 is 1.72 bits per heavy atom. The summed E-state index contributed by atoms with van der Waals surface area (Å²) in [6.07, 6.45) is -5.22. The highest BCUT2D eigenvalue weighted by atomic mass is 19.4. The number of hydrogen-bond donors (Lipinski definition) is 4. The number of alkyl halides is 3. The first kappa shape index (κ1) is 33.2. The van der Waals surface area contributed by atoms with Crippen LogP contribution < -0.4 is 30.2 Å². The van der Waals surface area contributed by atoms with Crippen molar-refractivity contribution in [3.8, 4) is 17.2 Å². The summed E-state index contributed by atoms with van der Waals surface area (Å²) in [5.74, 6) is 0.324. The largest absolute Gasteiger partial charge is 0.485 e. The van der Waals surface area contributed by atoms with Crippen molar-refractivity contribution >= 4 is 35.0 Å². The monoisotopic (exact) mass is 657 g/mol. The number of anilines is 3. The van der Waals surface area contributed by atoms with Gasteiger partial charge in [-0.25, -0.2) is 9.59 Å². The summed E-state index contributed by atoms with van der Waals surface area (Å²) in [6.45, 7) is 3.61. The van der Waals surface area contributed by atoms with E-state index in [1.165, 1.54) is 21.9 Å². The van der Waals surface area contributed by atoms with Gasteiger partial charge in [-0.15, -0.1) is 0 Å². The molecule has 3 aromatic rings. The summed E-state index contributed by atoms with van der Waals surface area (Å²) >= 11 is 0. The van der Waals surface area contributed by atoms with Gasteiger partial charge in [0.15, 0.2) is 17.2 Å². The van der Waals surface area contributed by atoms with Crippen LogP contribution >= 0.6 is 0 Å². The van der Waals surface area contributed by atoms with E-state index >= 15 is 0 Å². The van der Waals surface area contributed by atoms with Crippen LogP contribution in [0.25, 0.3) is 0 Å². The number of halogens is 3. The number of nitrogens with one attached hydrogen (secondary N) is 3. The number of carbonyl (C=O) groups is 3. The fraction of sp³-hybridized carbons (Fsp3) is 0.344. The van der Waals surface area contributed by atoms with Crippen LogP contribution in [0.3, 0.4) is 0 Å². The topological polar surface area (TPSA) is 142 Å². The Kier molecular flexibility index (Phi) is 9.65. The predicted molar refractivity (Wildman–Crippen MR) is 166 cm³/mol. The maximum Gasteiger partial charge on any atom is 0.416 e. The van der Waals surface area contributed by atoms with Gasteiger partial charge in [0.25, 0.3) is 5.91 Å². The van der Waals surface area contributed by atoms with Crippen molar-refractivity contribution < 1.29 is 46.9 Å². The number of likely N-dealkylation sites (N-methyl/N-ethyl adjacent to an activating group) is 1. The molecule has 0 aliphatic carbocycles. The zero-order valence-corrected chi connectivity index (χ0v) is 25.8. The molecule has 15 heteroatoms. The van der Waals surface area contributed by atoms with Crippen molar-refractivity contribution in [1.29, 1.82) is 0 Å². The minimum absolute atomic E-state index is 0.0383. The highest BCUT2D eigenvalue weighted by molar-refractivity contribution is 6.04. The predicted octanol–water partition coefficient (Wildman–Crippen LogP) is 5.46. The smallest absolute Gasteiger partial charge is 0.416 e. The second-order valence-corrected chi connectivity index (χ2v) is 11.3. The number of fused-ring (bicyclic) bond motifs is 2. The lowest BCUT2D eigenvalue weighted by Crippen LogP contribution is -2.50. The molecule has 0 unspecified atom stereocenters. The molecule has 0 spiro atoms. The number of urea groups is 2. The second-order valence-electron chi connectivity index (χ2n) is 11.3. The molecule has 5 amide bonds. The third kappa shape index (κ3) is 7.62. The summed E-state index contributed by atoms with van der Waals surface area (Å²) in [6, 6.07) is 11.7. The maximum absolute atomic E-state index is 13.7. The Hall–Kier alpha value is -5.18. The lowest BCUT2D eigenvalue weighted by atomic mass is 9.99. The molecule has 0 saturated carbocycles. The molecule has 0 radical (unpaired) electrons. The minimum atomic E-state index is -4.53. The molecule has 2 heterocycles. The molecule has 0 fully saturated rings. The molecule has 0 saturated heterocycles. The number of aliphatic hydroxyl groups is 1. The van der Waals surface area contributed by atoms with Crippen molar-refractivity contribution in [2.24, 2.45) is 5.92 Å². The fourth-order valence-electron chi connectivity index (χ4n) is 5.13. The zero-order valence-electron chi connectivity index (χ0n) is 25.8. The van der Waals surface area contributed by atoms with Gasteiger partial charge in [-0.05, 0) is 55.5 Å². The molecule has 12 nitrogen and oxygen atoms in total. The van der Waals surface area contributed by atoms with E-state index in [1.54, 1.807) is 38.2 Å². The van der Waals surface area contributed by atoms with Gasteiger partial charge in [-0.1, -0.05) is 13.0 Å². The first-order valence-electron chi connectivity index (χ1n) is 14.7. The first-order valence-corrected chi connectivity index (χ1v) is 14.7. The minimum Gasteiger partial charge on any atom is -0.485 e. The van der Waals surface area contributed by atoms with Crippen LogP contribution in [-0.2, 0) is 6.18 Å². The molecule has 0 aromatic heterocycles. The quantitative estimate of drug-likeness (QED) is 0.264. The standard InChI is InChI=1S/C32H34F3N5O7/c1-18-14-40(19(2)16-41)29(42)23-5-4-6-24(38-30(43)36-21-9-7-20(8-10-21)32(33,34)35)28(23)47-27(18)15-39(3)31(44)37-22-11-12-25-26(13-22)46-17-45-25/h4-13,18-19,27,41H,14-17H2,1-3H3,(H,37,44)(H2,36,38,43)/t18-,19+,27+/m1/s1. The van der Waals surface area contributed by atoms with Crippen LogP contribution in [0.2, 0.25) is 0 Å². The molecule has 0 bridgehead atoms. The SMILES string of the molecule is C[C@@H]1CN([C@@H](C)CO)C(=O)c2cccc(NC(=O)Nc3ccc(C(F)(F)F)cc3)c2O[C@H]1CN(C)C(=O)Nc1ccc2c(c1)OCO2. The van der Waals surface area contributed by atoms with Crippen molar-refractivity contribution in [3.63, 3.8) is 0 Å². The number of hydrogen-bond acceptors (Lipinski definition) is 7. The van der Waals surface area contributed by atoms with Gasteiger partial charge < -0.3 is 45.1 Å². The van der Waals surface area contributed by atoms with Crippen molar-refractivity contribution in [2.45, 2.75) is 32.2 Å². The molecule has 2 aliphatic rings. The van der Waals surface area contributed by atoms with Crippen molar-refractivity contribution in [2.75, 3.05) is 49.5 Å². The van der Waals surface area contributed by atoms with E-state index in [2.05, 4.69) is 16.0 Å². The normalized spacial score (nSPS) is 17.9. The third-order valence-electron chi connectivity index (χ3n) is 7.83. The van der Waals surface area contributed by atoms with Gasteiger partial charge in [0, 0.05) is 37.0 Å². The van der Waals surface area contributed by atoms with Crippen molar-refractivity contribution in [3.05, 3.63) is 71.8 Å². The Bertz CT molecular complexity index is 1640. The second kappa shape index (κ2) is 13.7. The van der Waals surface area contributed by atoms with E-state index in [9.17, 15) is 32.7 Å². The van der Waals surface area contributed by atoms with Crippen LogP contribution in [0.4, 0.5) is 39.8 Å². The summed E-state index contributed by atoms with van der Waals surface area (Å²) in [5.41, 5.74) is -0.0420. The fourth-order valence-corrected chi connectivity index (χ4v) is 5.13. The van der Waals surface area contributed by atoms with Crippen LogP contribution in [0.5, 0.6) is 17.2 Å². The molecule has 3 aromatic carbocycles. The third-order valence-corrected chi connectivity index (χ3v) is 7.83. The number of rotatable bonds is 7. The van der Waals surface area contributed by atoms with E-state index in [4.69, 9.17) is 14.2 Å². The van der Waals surface area contributed by atoms with E-state index in [1.807, 2.05) is 6.92 Å². The number of nitrogens with zero attached hydrogens (tertiary/aromatic N) is 2. The molecule has 3 atom stereocenters. The van der Waals surface area contributed by atoms with Gasteiger partial charge in [0.2, 0.25) is 6.79 Å². The molecule has 5 rings (SSSR count). The average molecular weight is 658 g/mol. The maximum atomic E-state index is 13.7. The number of para-hydroxylation sites is 1. The zero-order chi connectivity index (χ0) is 33.9. The van der Waals surface area contributed by atoms with Crippen LogP contribution in [0, 0.1) is 5.92 Å². The van der Waals surface area contributed by atoms with E-state index in [0.717, 1.165) is 24.3 Å². The van der Waals surface area contributed by atoms with Crippen LogP contribution in [-0.4, -0.2) is 78.6 Å². The molecular formula is C32H34F3N5O7. The Labute approximate surface area is 268 Å². The van der Waals surface area contributed by atoms with E-state index in [-0.39, 0.29) is 55.1 Å². The van der Waals surface area contributed by atoms with Gasteiger partial charge in [-0.3, -0.25) is 4.79 Å². The Morgan fingerprint density at radius 1 is 1.02 bits per heavy atom. The number of ether oxygens (including phenoxy) is 3. The average Bonchev–Trinajstić information content (AvgIpc) is 3.50. The molecule has 250 valence electrons. The summed E-state index contributed by atoms with van der Waals surface area (Å²) in [7, 11) is 1.58. The summed E-state index contributed by atoms with van der Waals surface area (Å²) in [5, 5.41) is 17.8. The number of carbonyl (C=O) groups excluding carboxylic acids is 3. The molecule has 2 aliphatic heterocycles. The van der Waals surface area contributed by atoms with E-state index in [0.29, 0.717) is 17.2 Å². The van der Waals surface area contributed by atoms with Gasteiger partial charge in [-0.2, -0.15) is 13.2 Å². The van der Waals surface area contributed by atoms with Gasteiger partial charge >= 0.3 is 18.2 Å². The van der Waals surface area contributed by atoms with Crippen LogP contribution in [0.15, 0.2) is 60.7 Å². The van der Waals surface area contributed by atoms with Gasteiger partial charge in [0.1, 0.15) is 6.10 Å². The lowest BCUT2D eigenvalue weighted by Gasteiger charge is -2.38. The van der Waals surface area contributed by atoms with E-state index < -0.39 is 41.9 Å². The summed E-state index contributed by atoms with van der Waals surface area (Å²) in [4.78, 5) is 42.8. The molecule has 47 heavy (non-hydrogen) atoms. The highest BCUT2D eigenvalue weighted by Crippen LogP contribution is 2.36. The number of amides is 5. The highest BCUT2D eigenvalue weighted by Gasteiger charge is 2.35. The summed E-state index contributed by atoms with van der Waals surface area (Å²) < 4.78 is 56.0. The number of benzene rings is 3. The molecular weight excluding hydrogens is 623 g/mol. The lowest BCUT2D eigenvalue weighted by molar-refractivity contribution is -0.137.